The summed E-state index contributed by atoms with van der Waals surface area (Å²) < 4.78 is 0. The molecule has 4 N–H and O–H groups in total. The molecule has 0 rings (SSSR count). The highest BCUT2D eigenvalue weighted by Gasteiger charge is 1.69. The molecule has 0 fully saturated rings. The summed E-state index contributed by atoms with van der Waals surface area (Å²) in [6.45, 7) is 0.858. The Kier molecular flexibility index (Phi) is 4.12. The second-order valence-corrected chi connectivity index (χ2v) is 1.03. The number of hydrogen-bond acceptors (Lipinski definition) is 1. The van der Waals surface area contributed by atoms with Crippen LogP contribution in [0, 0.1) is 0 Å². The van der Waals surface area contributed by atoms with Crippen molar-refractivity contribution < 1.29 is 10.8 Å². The van der Waals surface area contributed by atoms with Gasteiger partial charge in [-0.05, 0) is 6.08 Å². The first-order valence-electron chi connectivity index (χ1n) is 2.00. The largest absolute Gasteiger partial charge is 0.516 e. The molecule has 0 unspecified atom stereocenters. The highest BCUT2D eigenvalue weighted by atomic mass is 16.2. The molecule has 0 aromatic heterocycles. The summed E-state index contributed by atoms with van der Waals surface area (Å²) >= 11 is 0. The van der Waals surface area contributed by atoms with Crippen LogP contribution < -0.4 is 5.73 Å². The molecule has 6 heavy (non-hydrogen) atoms. The van der Waals surface area contributed by atoms with Crippen molar-refractivity contribution in [2.24, 2.45) is 0 Å². The fraction of sp³-hybridized carbons (Fsp3) is 0.500. The lowest BCUT2D eigenvalue weighted by Crippen LogP contribution is -2.49. The van der Waals surface area contributed by atoms with Crippen LogP contribution in [0.25, 0.3) is 0 Å². The summed E-state index contributed by atoms with van der Waals surface area (Å²) in [5.74, 6) is 0. The van der Waals surface area contributed by atoms with E-state index in [0.29, 0.717) is 0 Å². The molecule has 0 saturated heterocycles. The van der Waals surface area contributed by atoms with Crippen LogP contribution in [0.4, 0.5) is 0 Å². The molecule has 0 radical (unpaired) electrons. The Labute approximate surface area is 37.3 Å². The van der Waals surface area contributed by atoms with Gasteiger partial charge in [0.1, 0.15) is 0 Å². The van der Waals surface area contributed by atoms with Crippen molar-refractivity contribution in [2.45, 2.75) is 6.42 Å². The van der Waals surface area contributed by atoms with Crippen molar-refractivity contribution in [3.8, 4) is 0 Å². The molecule has 0 aromatic carbocycles. The molecule has 36 valence electrons. The van der Waals surface area contributed by atoms with Crippen molar-refractivity contribution in [3.05, 3.63) is 12.3 Å². The Hall–Kier alpha value is -0.500. The second kappa shape index (κ2) is 4.50. The minimum absolute atomic E-state index is 0.858. The van der Waals surface area contributed by atoms with Crippen LogP contribution in [0.2, 0.25) is 0 Å². The van der Waals surface area contributed by atoms with E-state index in [1.54, 1.807) is 6.08 Å². The zero-order valence-electron chi connectivity index (χ0n) is 3.72. The predicted octanol–water partition coefficient (Wildman–Crippen LogP) is -0.310. The third kappa shape index (κ3) is 3.50. The Balaban J connectivity index is 2.66. The molecule has 0 aliphatic heterocycles. The summed E-state index contributed by atoms with van der Waals surface area (Å²) in [6.07, 6.45) is 3.59. The van der Waals surface area contributed by atoms with Gasteiger partial charge in [-0.15, -0.1) is 0 Å². The van der Waals surface area contributed by atoms with E-state index >= 15 is 0 Å². The van der Waals surface area contributed by atoms with Crippen LogP contribution in [0.15, 0.2) is 12.3 Å². The lowest BCUT2D eigenvalue weighted by atomic mass is 10.4. The van der Waals surface area contributed by atoms with E-state index in [1.165, 1.54) is 0 Å². The first kappa shape index (κ1) is 5.50. The minimum Gasteiger partial charge on any atom is -0.516 e. The van der Waals surface area contributed by atoms with Crippen molar-refractivity contribution in [3.63, 3.8) is 0 Å². The first-order chi connectivity index (χ1) is 2.91. The molecule has 2 nitrogen and oxygen atoms in total. The van der Waals surface area contributed by atoms with Gasteiger partial charge >= 0.3 is 0 Å². The average Bonchev–Trinajstić information content (AvgIpc) is 1.61. The topological polar surface area (TPSA) is 47.9 Å². The number of hydrogen-bond donors (Lipinski definition) is 2. The van der Waals surface area contributed by atoms with Gasteiger partial charge in [-0.1, -0.05) is 0 Å². The van der Waals surface area contributed by atoms with Gasteiger partial charge in [-0.2, -0.15) is 0 Å². The highest BCUT2D eigenvalue weighted by molar-refractivity contribution is 4.69. The fourth-order valence-electron chi connectivity index (χ4n) is 0.192. The molecule has 0 amide bonds. The molecule has 0 spiro atoms. The van der Waals surface area contributed by atoms with Crippen LogP contribution in [0.1, 0.15) is 6.42 Å². The Bertz CT molecular complexity index is 42.8. The van der Waals surface area contributed by atoms with Gasteiger partial charge in [0.25, 0.3) is 0 Å². The normalized spacial score (nSPS) is 10.2. The van der Waals surface area contributed by atoms with Gasteiger partial charge in [-0.3, -0.25) is 0 Å². The van der Waals surface area contributed by atoms with Gasteiger partial charge in [-0.25, -0.2) is 0 Å². The molecule has 0 aromatic rings. The summed E-state index contributed by atoms with van der Waals surface area (Å²) in [5, 5.41) is 7.99. The van der Waals surface area contributed by atoms with E-state index in [-0.39, 0.29) is 0 Å². The van der Waals surface area contributed by atoms with Crippen molar-refractivity contribution in [2.75, 3.05) is 6.54 Å². The third-order valence-corrected chi connectivity index (χ3v) is 0.476. The number of quaternary nitrogens is 1. The van der Waals surface area contributed by atoms with Gasteiger partial charge in [0, 0.05) is 6.42 Å². The Morgan fingerprint density at radius 3 is 2.50 bits per heavy atom. The molecular formula is C4H10NO+. The fourth-order valence-corrected chi connectivity index (χ4v) is 0.192. The lowest BCUT2D eigenvalue weighted by molar-refractivity contribution is -0.366. The maximum Gasteiger partial charge on any atom is 0.0776 e. The molecular weight excluding hydrogens is 78.0 g/mol. The van der Waals surface area contributed by atoms with Crippen molar-refractivity contribution >= 4 is 0 Å². The first-order valence-corrected chi connectivity index (χ1v) is 2.00. The molecule has 0 saturated carbocycles. The van der Waals surface area contributed by atoms with Gasteiger partial charge < -0.3 is 10.8 Å². The maximum atomic E-state index is 7.99. The number of aliphatic hydroxyl groups is 1. The summed E-state index contributed by atoms with van der Waals surface area (Å²) in [7, 11) is 0. The van der Waals surface area contributed by atoms with Crippen molar-refractivity contribution in [1.82, 2.24) is 0 Å². The number of rotatable bonds is 2. The molecule has 0 bridgehead atoms. The van der Waals surface area contributed by atoms with Crippen LogP contribution in [-0.4, -0.2) is 11.7 Å². The minimum atomic E-state index is 0.858. The molecule has 0 aliphatic carbocycles. The smallest absolute Gasteiger partial charge is 0.0776 e. The standard InChI is InChI=1S/C4H9NO/c5-3-1-2-4-6/h2,4,6H,1,3,5H2/p+1/b4-2+. The van der Waals surface area contributed by atoms with Crippen LogP contribution in [0.3, 0.4) is 0 Å². The van der Waals surface area contributed by atoms with E-state index in [1.807, 2.05) is 0 Å². The Morgan fingerprint density at radius 1 is 1.67 bits per heavy atom. The van der Waals surface area contributed by atoms with E-state index < -0.39 is 0 Å². The molecule has 0 heterocycles. The van der Waals surface area contributed by atoms with E-state index in [0.717, 1.165) is 19.2 Å². The zero-order valence-corrected chi connectivity index (χ0v) is 3.72. The quantitative estimate of drug-likeness (QED) is 0.447. The average molecular weight is 88.1 g/mol. The second-order valence-electron chi connectivity index (χ2n) is 1.03. The lowest BCUT2D eigenvalue weighted by Gasteiger charge is -1.74. The predicted molar refractivity (Wildman–Crippen MR) is 24.1 cm³/mol. The SMILES string of the molecule is [NH3+]CC/C=C/O. The van der Waals surface area contributed by atoms with Crippen LogP contribution in [0.5, 0.6) is 0 Å². The maximum absolute atomic E-state index is 7.99. The van der Waals surface area contributed by atoms with E-state index in [9.17, 15) is 0 Å². The van der Waals surface area contributed by atoms with E-state index in [4.69, 9.17) is 5.11 Å². The summed E-state index contributed by atoms with van der Waals surface area (Å²) in [5.41, 5.74) is 3.56. The van der Waals surface area contributed by atoms with Gasteiger partial charge in [0.15, 0.2) is 0 Å². The van der Waals surface area contributed by atoms with Gasteiger partial charge in [0.2, 0.25) is 0 Å². The third-order valence-electron chi connectivity index (χ3n) is 0.476. The Morgan fingerprint density at radius 2 is 2.33 bits per heavy atom. The molecule has 0 atom stereocenters. The molecule has 2 heteroatoms. The molecule has 0 aliphatic rings. The van der Waals surface area contributed by atoms with Crippen molar-refractivity contribution in [1.29, 1.82) is 0 Å². The number of aliphatic hydroxyl groups excluding tert-OH is 1. The van der Waals surface area contributed by atoms with Crippen LogP contribution >= 0.6 is 0 Å². The highest BCUT2D eigenvalue weighted by Crippen LogP contribution is 1.70. The summed E-state index contributed by atoms with van der Waals surface area (Å²) in [4.78, 5) is 0. The van der Waals surface area contributed by atoms with E-state index in [2.05, 4.69) is 5.73 Å². The van der Waals surface area contributed by atoms with Gasteiger partial charge in [0.05, 0.1) is 12.8 Å². The van der Waals surface area contributed by atoms with Crippen LogP contribution in [-0.2, 0) is 0 Å². The zero-order chi connectivity index (χ0) is 4.83. The monoisotopic (exact) mass is 88.1 g/mol. The summed E-state index contributed by atoms with van der Waals surface area (Å²) in [6, 6.07) is 0.